The summed E-state index contributed by atoms with van der Waals surface area (Å²) in [5, 5.41) is 28.6. The van der Waals surface area contributed by atoms with Crippen LogP contribution in [0.1, 0.15) is 86.5 Å². The summed E-state index contributed by atoms with van der Waals surface area (Å²) in [6, 6.07) is 5.24. The number of ketones is 1. The third-order valence-electron chi connectivity index (χ3n) is 12.0. The summed E-state index contributed by atoms with van der Waals surface area (Å²) in [7, 11) is 3.73. The highest BCUT2D eigenvalue weighted by Crippen LogP contribution is 2.40. The lowest BCUT2D eigenvalue weighted by atomic mass is 9.73. The number of hydrogen-bond acceptors (Lipinski definition) is 16. The van der Waals surface area contributed by atoms with Gasteiger partial charge in [-0.05, 0) is 85.2 Å². The number of Topliss-reactive ketones (excluding diaryl/α,β-unsaturated/α-hetero) is 1. The Balaban J connectivity index is 1.64. The molecule has 16 nitrogen and oxygen atoms in total. The maximum Gasteiger partial charge on any atom is 0.316 e. The first kappa shape index (κ1) is 47.5. The predicted octanol–water partition coefficient (Wildman–Crippen LogP) is 4.64. The van der Waals surface area contributed by atoms with Gasteiger partial charge in [-0.15, -0.1) is 11.3 Å². The van der Waals surface area contributed by atoms with Crippen LogP contribution in [0.25, 0.3) is 10.7 Å². The van der Waals surface area contributed by atoms with Crippen molar-refractivity contribution in [1.29, 1.82) is 0 Å². The van der Waals surface area contributed by atoms with Crippen LogP contribution in [-0.2, 0) is 49.5 Å². The van der Waals surface area contributed by atoms with E-state index in [0.29, 0.717) is 23.7 Å². The number of likely N-dealkylation sites (N-methyl/N-ethyl adjacent to an activating group) is 1. The van der Waals surface area contributed by atoms with Crippen molar-refractivity contribution in [1.82, 2.24) is 14.9 Å². The highest BCUT2D eigenvalue weighted by molar-refractivity contribution is 7.15. The number of amides is 1. The van der Waals surface area contributed by atoms with Crippen LogP contribution in [0, 0.1) is 23.7 Å². The Morgan fingerprint density at radius 2 is 1.77 bits per heavy atom. The fraction of sp³-hybridized carbons (Fsp3) is 0.698. The molecule has 0 aliphatic carbocycles. The molecular weight excluding hydrogens is 795 g/mol. The van der Waals surface area contributed by atoms with Crippen LogP contribution in [-0.4, -0.2) is 136 Å². The van der Waals surface area contributed by atoms with E-state index in [1.54, 1.807) is 39.2 Å². The van der Waals surface area contributed by atoms with Crippen molar-refractivity contribution in [3.8, 4) is 10.7 Å². The molecule has 2 aromatic rings. The zero-order valence-electron chi connectivity index (χ0n) is 36.7. The fourth-order valence-electron chi connectivity index (χ4n) is 8.80. The van der Waals surface area contributed by atoms with Crippen LogP contribution in [0.2, 0.25) is 0 Å². The first-order chi connectivity index (χ1) is 28.3. The number of aliphatic imine (C=N–C) groups is 1. The van der Waals surface area contributed by atoms with Crippen molar-refractivity contribution in [2.45, 2.75) is 142 Å². The van der Waals surface area contributed by atoms with Crippen LogP contribution in [0.4, 0.5) is 0 Å². The maximum atomic E-state index is 14.5. The van der Waals surface area contributed by atoms with Gasteiger partial charge >= 0.3 is 5.97 Å². The minimum absolute atomic E-state index is 0.105. The molecule has 5 heterocycles. The van der Waals surface area contributed by atoms with Crippen LogP contribution in [0.15, 0.2) is 40.7 Å². The van der Waals surface area contributed by atoms with E-state index in [9.17, 15) is 24.6 Å². The summed E-state index contributed by atoms with van der Waals surface area (Å²) in [5.41, 5.74) is -2.53. The summed E-state index contributed by atoms with van der Waals surface area (Å²) in [6.45, 7) is 14.9. The summed E-state index contributed by atoms with van der Waals surface area (Å²) >= 11 is 1.46. The van der Waals surface area contributed by atoms with Gasteiger partial charge in [0, 0.05) is 47.8 Å². The monoisotopic (exact) mass is 857 g/mol. The Kier molecular flexibility index (Phi) is 15.9. The molecule has 332 valence electrons. The predicted molar refractivity (Wildman–Crippen MR) is 224 cm³/mol. The van der Waals surface area contributed by atoms with E-state index < -0.39 is 83.2 Å². The van der Waals surface area contributed by atoms with E-state index in [1.165, 1.54) is 32.1 Å². The molecule has 1 amide bonds. The number of thiophene rings is 1. The van der Waals surface area contributed by atoms with Crippen molar-refractivity contribution in [2.24, 2.45) is 33.8 Å². The van der Waals surface area contributed by atoms with Crippen LogP contribution in [0.5, 0.6) is 0 Å². The molecule has 0 aromatic carbocycles. The molecule has 2 N–H and O–H groups in total. The second kappa shape index (κ2) is 20.1. The Morgan fingerprint density at radius 3 is 2.42 bits per heavy atom. The van der Waals surface area contributed by atoms with Gasteiger partial charge in [0.15, 0.2) is 24.5 Å². The average Bonchev–Trinajstić information content (AvgIpc) is 3.67. The molecule has 5 rings (SSSR count). The van der Waals surface area contributed by atoms with Gasteiger partial charge < -0.3 is 43.6 Å². The van der Waals surface area contributed by atoms with Crippen LogP contribution >= 0.6 is 11.3 Å². The van der Waals surface area contributed by atoms with Gasteiger partial charge in [0.2, 0.25) is 5.91 Å². The Labute approximate surface area is 357 Å². The molecule has 13 atom stereocenters. The molecule has 2 bridgehead atoms. The van der Waals surface area contributed by atoms with Gasteiger partial charge in [0.05, 0.1) is 42.0 Å². The number of aliphatic hydroxyl groups excluding tert-OH is 1. The van der Waals surface area contributed by atoms with E-state index in [-0.39, 0.29) is 44.8 Å². The highest BCUT2D eigenvalue weighted by Gasteiger charge is 2.53. The molecular formula is C43H63N5O11S. The topological polar surface area (TPSA) is 201 Å². The quantitative estimate of drug-likeness (QED) is 0.211. The number of aliphatic hydroxyl groups is 2. The fourth-order valence-corrected chi connectivity index (χ4v) is 9.66. The third kappa shape index (κ3) is 10.9. The summed E-state index contributed by atoms with van der Waals surface area (Å²) in [5.74, 6) is -4.72. The molecule has 60 heavy (non-hydrogen) atoms. The number of esters is 1. The summed E-state index contributed by atoms with van der Waals surface area (Å²) in [6.07, 6.45) is -1.76. The van der Waals surface area contributed by atoms with Crippen LogP contribution in [0.3, 0.4) is 0 Å². The van der Waals surface area contributed by atoms with E-state index >= 15 is 0 Å². The molecule has 3 fully saturated rings. The van der Waals surface area contributed by atoms with E-state index in [0.717, 1.165) is 9.75 Å². The number of fused-ring (bicyclic) bond motifs is 5. The van der Waals surface area contributed by atoms with Crippen molar-refractivity contribution in [3.63, 3.8) is 0 Å². The molecule has 3 saturated heterocycles. The zero-order chi connectivity index (χ0) is 44.1. The maximum absolute atomic E-state index is 14.5. The Bertz CT molecular complexity index is 1860. The number of aromatic nitrogens is 2. The molecule has 0 unspecified atom stereocenters. The minimum atomic E-state index is -1.85. The van der Waals surface area contributed by atoms with Crippen molar-refractivity contribution >= 4 is 40.4 Å². The van der Waals surface area contributed by atoms with E-state index in [2.05, 4.69) is 20.1 Å². The SMILES string of the molecule is CC[C@H]1OC(=O)[C@H](C)C(=O)[C@H](C)[C@@H](O[C@@H]2O[C@H](C)C[C@H](N(C)C)[C@H]2O)[C@@]2(C)C[C@@H](C)C(=NC(C)=O)[C@H](C)[C@@H](OC/C(=N\OCc3ccc(-c4ncccn4)s3)CO2)[C@]1(C)O. The van der Waals surface area contributed by atoms with Crippen LogP contribution < -0.4 is 0 Å². The number of carbonyl (C=O) groups excluding carboxylic acids is 3. The molecule has 0 spiro atoms. The lowest BCUT2D eigenvalue weighted by Gasteiger charge is -2.47. The van der Waals surface area contributed by atoms with E-state index in [4.69, 9.17) is 28.5 Å². The van der Waals surface area contributed by atoms with Gasteiger partial charge in [-0.2, -0.15) is 0 Å². The Hall–Kier alpha value is -3.55. The van der Waals surface area contributed by atoms with Crippen molar-refractivity contribution in [2.75, 3.05) is 27.3 Å². The minimum Gasteiger partial charge on any atom is -0.459 e. The molecule has 17 heteroatoms. The lowest BCUT2D eigenvalue weighted by Crippen LogP contribution is -2.60. The van der Waals surface area contributed by atoms with Crippen molar-refractivity contribution < 1.29 is 53.1 Å². The molecule has 0 saturated carbocycles. The number of ether oxygens (including phenoxy) is 5. The van der Waals surface area contributed by atoms with Gasteiger partial charge in [0.1, 0.15) is 29.4 Å². The number of oxime groups is 1. The molecule has 3 aliphatic heterocycles. The second-order valence-electron chi connectivity index (χ2n) is 17.2. The largest absolute Gasteiger partial charge is 0.459 e. The van der Waals surface area contributed by atoms with Gasteiger partial charge in [0.25, 0.3) is 0 Å². The van der Waals surface area contributed by atoms with Gasteiger partial charge in [-0.25, -0.2) is 15.0 Å². The average molecular weight is 858 g/mol. The second-order valence-corrected chi connectivity index (χ2v) is 18.3. The lowest BCUT2D eigenvalue weighted by molar-refractivity contribution is -0.296. The number of nitrogens with zero attached hydrogens (tertiary/aromatic N) is 5. The first-order valence-corrected chi connectivity index (χ1v) is 21.6. The van der Waals surface area contributed by atoms with E-state index in [1.807, 2.05) is 51.9 Å². The number of carbonyl (C=O) groups is 3. The normalized spacial score (nSPS) is 37.6. The highest BCUT2D eigenvalue weighted by atomic mass is 32.1. The molecule has 2 aromatic heterocycles. The number of cyclic esters (lactones) is 1. The molecule has 0 radical (unpaired) electrons. The van der Waals surface area contributed by atoms with Gasteiger partial charge in [-0.3, -0.25) is 14.4 Å². The number of rotatable bonds is 8. The van der Waals surface area contributed by atoms with Crippen molar-refractivity contribution in [3.05, 3.63) is 35.5 Å². The third-order valence-corrected chi connectivity index (χ3v) is 13.0. The zero-order valence-corrected chi connectivity index (χ0v) is 37.5. The summed E-state index contributed by atoms with van der Waals surface area (Å²) < 4.78 is 32.5. The smallest absolute Gasteiger partial charge is 0.316 e. The van der Waals surface area contributed by atoms with Gasteiger partial charge in [-0.1, -0.05) is 32.9 Å². The molecule has 3 aliphatic rings. The summed E-state index contributed by atoms with van der Waals surface area (Å²) in [4.78, 5) is 63.9. The first-order valence-electron chi connectivity index (χ1n) is 20.8. The number of hydrogen-bond donors (Lipinski definition) is 2. The Morgan fingerprint density at radius 1 is 1.07 bits per heavy atom. The standard InChI is InChI=1S/C43H63N5O11S/c1-12-33-43(9,53)38-25(4)34(46-28(7)49)23(2)19-42(8,55-21-29(20-54-38)47-56-22-30-14-15-32(60-30)39-44-16-13-17-45-39)37(26(5)35(50)27(6)40(52)58-33)59-41-36(51)31(48(10)11)18-24(3)57-41/h13-17,23-27,31,33,36-38,41,51,53H,12,18-22H2,1-11H3/b46-34?,47-29+/t23-,24-,25+,26+,27-,31+,33-,36-,37-,38-,41+,42-,43-/m1/s1.